The monoisotopic (exact) mass is 312 g/mol. The Morgan fingerprint density at radius 3 is 2.48 bits per heavy atom. The Kier molecular flexibility index (Phi) is 4.28. The zero-order chi connectivity index (χ0) is 14.7. The van der Waals surface area contributed by atoms with Crippen molar-refractivity contribution in [3.05, 3.63) is 77.3 Å². The lowest BCUT2D eigenvalue weighted by Gasteiger charge is -2.06. The van der Waals surface area contributed by atoms with E-state index in [1.54, 1.807) is 0 Å². The molecule has 3 aromatic carbocycles. The van der Waals surface area contributed by atoms with E-state index in [4.69, 9.17) is 11.6 Å². The van der Waals surface area contributed by atoms with Crippen molar-refractivity contribution in [2.75, 3.05) is 5.75 Å². The van der Waals surface area contributed by atoms with Crippen LogP contribution >= 0.6 is 23.4 Å². The van der Waals surface area contributed by atoms with Gasteiger partial charge < -0.3 is 0 Å². The topological polar surface area (TPSA) is 17.1 Å². The Bertz CT molecular complexity index is 793. The highest BCUT2D eigenvalue weighted by Crippen LogP contribution is 2.28. The van der Waals surface area contributed by atoms with Gasteiger partial charge in [0.05, 0.1) is 10.8 Å². The summed E-state index contributed by atoms with van der Waals surface area (Å²) in [6.45, 7) is 0. The predicted octanol–water partition coefficient (Wildman–Crippen LogP) is 5.47. The predicted molar refractivity (Wildman–Crippen MR) is 90.5 cm³/mol. The fourth-order valence-electron chi connectivity index (χ4n) is 2.25. The number of benzene rings is 3. The molecule has 0 amide bonds. The molecule has 0 N–H and O–H groups in total. The highest BCUT2D eigenvalue weighted by Gasteiger charge is 2.11. The first-order valence-corrected chi connectivity index (χ1v) is 8.00. The van der Waals surface area contributed by atoms with Crippen molar-refractivity contribution >= 4 is 39.9 Å². The number of fused-ring (bicyclic) bond motifs is 1. The normalized spacial score (nSPS) is 10.7. The molecule has 3 heteroatoms. The SMILES string of the molecule is O=C(CSc1ccccc1Cl)c1cccc2ccccc12. The second-order valence-corrected chi connectivity index (χ2v) is 6.09. The number of carbonyl (C=O) groups is 1. The number of carbonyl (C=O) groups excluding carboxylic acids is 1. The number of ketones is 1. The third-order valence-electron chi connectivity index (χ3n) is 3.29. The van der Waals surface area contributed by atoms with Gasteiger partial charge in [-0.2, -0.15) is 0 Å². The molecule has 21 heavy (non-hydrogen) atoms. The van der Waals surface area contributed by atoms with E-state index < -0.39 is 0 Å². The minimum absolute atomic E-state index is 0.122. The van der Waals surface area contributed by atoms with E-state index in [0.717, 1.165) is 21.2 Å². The maximum absolute atomic E-state index is 12.5. The number of thioether (sulfide) groups is 1. The van der Waals surface area contributed by atoms with Crippen molar-refractivity contribution in [2.45, 2.75) is 4.90 Å². The Labute approximate surface area is 132 Å². The first kappa shape index (κ1) is 14.2. The van der Waals surface area contributed by atoms with E-state index in [1.807, 2.05) is 66.7 Å². The molecule has 3 aromatic rings. The highest BCUT2D eigenvalue weighted by atomic mass is 35.5. The minimum atomic E-state index is 0.122. The largest absolute Gasteiger partial charge is 0.293 e. The molecular formula is C18H13ClOS. The van der Waals surface area contributed by atoms with Gasteiger partial charge in [-0.05, 0) is 22.9 Å². The molecular weight excluding hydrogens is 300 g/mol. The van der Waals surface area contributed by atoms with Gasteiger partial charge >= 0.3 is 0 Å². The lowest BCUT2D eigenvalue weighted by Crippen LogP contribution is -2.03. The second-order valence-electron chi connectivity index (χ2n) is 4.67. The number of hydrogen-bond acceptors (Lipinski definition) is 2. The van der Waals surface area contributed by atoms with Gasteiger partial charge in [-0.1, -0.05) is 66.2 Å². The number of Topliss-reactive ketones (excluding diaryl/α,β-unsaturated/α-hetero) is 1. The smallest absolute Gasteiger partial charge is 0.173 e. The number of rotatable bonds is 4. The summed E-state index contributed by atoms with van der Waals surface area (Å²) < 4.78 is 0. The van der Waals surface area contributed by atoms with Gasteiger partial charge in [0.25, 0.3) is 0 Å². The maximum atomic E-state index is 12.5. The lowest BCUT2D eigenvalue weighted by molar-refractivity contribution is 0.102. The lowest BCUT2D eigenvalue weighted by atomic mass is 10.0. The number of halogens is 1. The van der Waals surface area contributed by atoms with Crippen molar-refractivity contribution in [3.8, 4) is 0 Å². The molecule has 0 aliphatic rings. The van der Waals surface area contributed by atoms with Crippen LogP contribution < -0.4 is 0 Å². The molecule has 0 bridgehead atoms. The molecule has 0 unspecified atom stereocenters. The molecule has 1 nitrogen and oxygen atoms in total. The van der Waals surface area contributed by atoms with E-state index >= 15 is 0 Å². The van der Waals surface area contributed by atoms with Crippen LogP contribution in [0.4, 0.5) is 0 Å². The maximum Gasteiger partial charge on any atom is 0.173 e. The third kappa shape index (κ3) is 3.12. The molecule has 0 spiro atoms. The fourth-order valence-corrected chi connectivity index (χ4v) is 3.37. The summed E-state index contributed by atoms with van der Waals surface area (Å²) >= 11 is 7.59. The standard InChI is InChI=1S/C18H13ClOS/c19-16-10-3-4-11-18(16)21-12-17(20)15-9-5-7-13-6-1-2-8-14(13)15/h1-11H,12H2. The molecule has 0 radical (unpaired) electrons. The first-order chi connectivity index (χ1) is 10.3. The molecule has 0 heterocycles. The molecule has 0 aromatic heterocycles. The summed E-state index contributed by atoms with van der Waals surface area (Å²) in [5, 5.41) is 2.78. The summed E-state index contributed by atoms with van der Waals surface area (Å²) in [5.74, 6) is 0.509. The summed E-state index contributed by atoms with van der Waals surface area (Å²) in [6.07, 6.45) is 0. The van der Waals surface area contributed by atoms with Crippen LogP contribution in [0.1, 0.15) is 10.4 Å². The van der Waals surface area contributed by atoms with Crippen molar-refractivity contribution in [2.24, 2.45) is 0 Å². The molecule has 0 aliphatic carbocycles. The van der Waals surface area contributed by atoms with Gasteiger partial charge in [-0.15, -0.1) is 11.8 Å². The zero-order valence-electron chi connectivity index (χ0n) is 11.3. The van der Waals surface area contributed by atoms with Crippen LogP contribution in [0.15, 0.2) is 71.6 Å². The van der Waals surface area contributed by atoms with Crippen LogP contribution in [-0.2, 0) is 0 Å². The van der Waals surface area contributed by atoms with Gasteiger partial charge in [0.15, 0.2) is 5.78 Å². The van der Waals surface area contributed by atoms with Gasteiger partial charge in [0, 0.05) is 10.5 Å². The Morgan fingerprint density at radius 2 is 1.62 bits per heavy atom. The molecule has 3 rings (SSSR count). The molecule has 0 saturated heterocycles. The molecule has 104 valence electrons. The van der Waals surface area contributed by atoms with E-state index in [2.05, 4.69) is 0 Å². The van der Waals surface area contributed by atoms with Crippen molar-refractivity contribution in [3.63, 3.8) is 0 Å². The summed E-state index contributed by atoms with van der Waals surface area (Å²) in [6, 6.07) is 21.4. The van der Waals surface area contributed by atoms with Crippen LogP contribution in [-0.4, -0.2) is 11.5 Å². The van der Waals surface area contributed by atoms with Gasteiger partial charge in [0.2, 0.25) is 0 Å². The molecule has 0 fully saturated rings. The van der Waals surface area contributed by atoms with Crippen LogP contribution in [0, 0.1) is 0 Å². The Hall–Kier alpha value is -1.77. The molecule has 0 saturated carbocycles. The summed E-state index contributed by atoms with van der Waals surface area (Å²) in [5.41, 5.74) is 0.771. The fraction of sp³-hybridized carbons (Fsp3) is 0.0556. The van der Waals surface area contributed by atoms with Crippen LogP contribution in [0.2, 0.25) is 5.02 Å². The van der Waals surface area contributed by atoms with Crippen molar-refractivity contribution in [1.29, 1.82) is 0 Å². The molecule has 0 atom stereocenters. The highest BCUT2D eigenvalue weighted by molar-refractivity contribution is 8.00. The zero-order valence-corrected chi connectivity index (χ0v) is 12.8. The first-order valence-electron chi connectivity index (χ1n) is 6.64. The Balaban J connectivity index is 1.83. The average Bonchev–Trinajstić information content (AvgIpc) is 2.53. The van der Waals surface area contributed by atoms with E-state index in [9.17, 15) is 4.79 Å². The Morgan fingerprint density at radius 1 is 0.905 bits per heavy atom. The van der Waals surface area contributed by atoms with Crippen molar-refractivity contribution < 1.29 is 4.79 Å². The average molecular weight is 313 g/mol. The van der Waals surface area contributed by atoms with Gasteiger partial charge in [0.1, 0.15) is 0 Å². The molecule has 0 aliphatic heterocycles. The summed E-state index contributed by atoms with van der Waals surface area (Å²) in [7, 11) is 0. The van der Waals surface area contributed by atoms with Crippen LogP contribution in [0.25, 0.3) is 10.8 Å². The second kappa shape index (κ2) is 6.33. The van der Waals surface area contributed by atoms with Gasteiger partial charge in [-0.25, -0.2) is 0 Å². The van der Waals surface area contributed by atoms with E-state index in [0.29, 0.717) is 10.8 Å². The third-order valence-corrected chi connectivity index (χ3v) is 4.80. The van der Waals surface area contributed by atoms with Crippen LogP contribution in [0.3, 0.4) is 0 Å². The minimum Gasteiger partial charge on any atom is -0.293 e. The summed E-state index contributed by atoms with van der Waals surface area (Å²) in [4.78, 5) is 13.4. The van der Waals surface area contributed by atoms with Crippen LogP contribution in [0.5, 0.6) is 0 Å². The van der Waals surface area contributed by atoms with Gasteiger partial charge in [-0.3, -0.25) is 4.79 Å². The van der Waals surface area contributed by atoms with E-state index in [1.165, 1.54) is 11.8 Å². The van der Waals surface area contributed by atoms with E-state index in [-0.39, 0.29) is 5.78 Å². The van der Waals surface area contributed by atoms with Crippen molar-refractivity contribution in [1.82, 2.24) is 0 Å². The quantitative estimate of drug-likeness (QED) is 0.469. The number of hydrogen-bond donors (Lipinski definition) is 0.